The molecule has 0 heterocycles. The largest absolute Gasteiger partial charge is 0.345 e. The molecule has 2 nitrogen and oxygen atoms in total. The summed E-state index contributed by atoms with van der Waals surface area (Å²) in [4.78, 5) is 13.6. The maximum atomic E-state index is 11.9. The summed E-state index contributed by atoms with van der Waals surface area (Å²) in [6, 6.07) is 9.99. The van der Waals surface area contributed by atoms with E-state index in [-0.39, 0.29) is 11.2 Å². The van der Waals surface area contributed by atoms with Crippen molar-refractivity contribution in [3.63, 3.8) is 0 Å². The molecule has 1 aromatic rings. The van der Waals surface area contributed by atoms with Crippen LogP contribution in [-0.2, 0) is 11.2 Å². The van der Waals surface area contributed by atoms with Gasteiger partial charge in [0.05, 0.1) is 5.25 Å². The maximum absolute atomic E-state index is 11.9. The highest BCUT2D eigenvalue weighted by molar-refractivity contribution is 7.81. The molecular formula is C13H19NOS. The van der Waals surface area contributed by atoms with Crippen molar-refractivity contribution in [1.29, 1.82) is 0 Å². The van der Waals surface area contributed by atoms with Gasteiger partial charge in [-0.15, -0.1) is 0 Å². The summed E-state index contributed by atoms with van der Waals surface area (Å²) in [5, 5.41) is -0.237. The minimum atomic E-state index is -0.237. The molecule has 0 N–H and O–H groups in total. The van der Waals surface area contributed by atoms with Gasteiger partial charge in [0.2, 0.25) is 5.91 Å². The van der Waals surface area contributed by atoms with E-state index in [9.17, 15) is 4.79 Å². The quantitative estimate of drug-likeness (QED) is 0.780. The van der Waals surface area contributed by atoms with Crippen molar-refractivity contribution in [1.82, 2.24) is 4.90 Å². The van der Waals surface area contributed by atoms with Crippen LogP contribution in [0.5, 0.6) is 0 Å². The monoisotopic (exact) mass is 237 g/mol. The lowest BCUT2D eigenvalue weighted by atomic mass is 10.1. The Kier molecular flexibility index (Phi) is 5.39. The number of amides is 1. The van der Waals surface area contributed by atoms with Crippen LogP contribution in [0.4, 0.5) is 0 Å². The van der Waals surface area contributed by atoms with Gasteiger partial charge in [0.1, 0.15) is 0 Å². The van der Waals surface area contributed by atoms with Crippen LogP contribution in [0.3, 0.4) is 0 Å². The molecule has 3 heteroatoms. The Labute approximate surface area is 103 Å². The first-order valence-corrected chi connectivity index (χ1v) is 6.13. The van der Waals surface area contributed by atoms with Crippen LogP contribution in [0.2, 0.25) is 0 Å². The number of hydrogen-bond donors (Lipinski definition) is 1. The molecule has 0 aromatic heterocycles. The fourth-order valence-electron chi connectivity index (χ4n) is 1.62. The van der Waals surface area contributed by atoms with Crippen LogP contribution in [0.1, 0.15) is 18.9 Å². The zero-order chi connectivity index (χ0) is 12.0. The number of carbonyl (C=O) groups is 1. The van der Waals surface area contributed by atoms with E-state index >= 15 is 0 Å². The first kappa shape index (κ1) is 13.1. The van der Waals surface area contributed by atoms with Crippen molar-refractivity contribution in [3.05, 3.63) is 35.9 Å². The van der Waals surface area contributed by atoms with E-state index in [0.29, 0.717) is 6.42 Å². The van der Waals surface area contributed by atoms with Crippen LogP contribution in [0.15, 0.2) is 30.3 Å². The summed E-state index contributed by atoms with van der Waals surface area (Å²) in [7, 11) is 1.83. The molecule has 0 bridgehead atoms. The standard InChI is InChI=1S/C13H19NOS/c1-3-9-14(2)13(15)12(16)10-11-7-5-4-6-8-11/h4-8,12,16H,3,9-10H2,1-2H3. The molecule has 88 valence electrons. The molecule has 0 fully saturated rings. The minimum absolute atomic E-state index is 0.106. The van der Waals surface area contributed by atoms with Gasteiger partial charge in [0, 0.05) is 13.6 Å². The van der Waals surface area contributed by atoms with E-state index in [0.717, 1.165) is 18.5 Å². The van der Waals surface area contributed by atoms with Gasteiger partial charge in [-0.2, -0.15) is 12.6 Å². The lowest BCUT2D eigenvalue weighted by Gasteiger charge is -2.20. The smallest absolute Gasteiger partial charge is 0.235 e. The molecule has 1 aromatic carbocycles. The molecule has 0 aliphatic heterocycles. The summed E-state index contributed by atoms with van der Waals surface area (Å²) in [5.41, 5.74) is 1.15. The van der Waals surface area contributed by atoms with Gasteiger partial charge < -0.3 is 4.90 Å². The Morgan fingerprint density at radius 1 is 1.38 bits per heavy atom. The van der Waals surface area contributed by atoms with Gasteiger partial charge in [0.25, 0.3) is 0 Å². The van der Waals surface area contributed by atoms with Gasteiger partial charge in [-0.05, 0) is 18.4 Å². The Balaban J connectivity index is 2.52. The zero-order valence-corrected chi connectivity index (χ0v) is 10.8. The number of benzene rings is 1. The predicted octanol–water partition coefficient (Wildman–Crippen LogP) is 2.40. The molecule has 0 aliphatic rings. The van der Waals surface area contributed by atoms with E-state index in [4.69, 9.17) is 0 Å². The van der Waals surface area contributed by atoms with Gasteiger partial charge in [-0.3, -0.25) is 4.79 Å². The fraction of sp³-hybridized carbons (Fsp3) is 0.462. The maximum Gasteiger partial charge on any atom is 0.235 e. The number of rotatable bonds is 5. The molecule has 1 amide bonds. The predicted molar refractivity (Wildman–Crippen MR) is 70.8 cm³/mol. The van der Waals surface area contributed by atoms with Crippen LogP contribution in [0.25, 0.3) is 0 Å². The number of nitrogens with zero attached hydrogens (tertiary/aromatic N) is 1. The van der Waals surface area contributed by atoms with Gasteiger partial charge in [-0.1, -0.05) is 37.3 Å². The topological polar surface area (TPSA) is 20.3 Å². The van der Waals surface area contributed by atoms with Crippen LogP contribution in [0, 0.1) is 0 Å². The van der Waals surface area contributed by atoms with Crippen molar-refractivity contribution in [2.24, 2.45) is 0 Å². The van der Waals surface area contributed by atoms with Crippen molar-refractivity contribution < 1.29 is 4.79 Å². The SMILES string of the molecule is CCCN(C)C(=O)C(S)Cc1ccccc1. The number of thiol groups is 1. The second kappa shape index (κ2) is 6.59. The molecule has 0 radical (unpaired) electrons. The zero-order valence-electron chi connectivity index (χ0n) is 9.89. The highest BCUT2D eigenvalue weighted by atomic mass is 32.1. The third kappa shape index (κ3) is 3.89. The summed E-state index contributed by atoms with van der Waals surface area (Å²) in [6.07, 6.45) is 1.67. The first-order chi connectivity index (χ1) is 7.65. The third-order valence-electron chi connectivity index (χ3n) is 2.49. The van der Waals surface area contributed by atoms with Crippen LogP contribution < -0.4 is 0 Å². The van der Waals surface area contributed by atoms with Gasteiger partial charge in [-0.25, -0.2) is 0 Å². The number of carbonyl (C=O) groups excluding carboxylic acids is 1. The molecule has 16 heavy (non-hydrogen) atoms. The van der Waals surface area contributed by atoms with E-state index < -0.39 is 0 Å². The van der Waals surface area contributed by atoms with Crippen LogP contribution in [-0.4, -0.2) is 29.6 Å². The molecule has 0 spiro atoms. The fourth-order valence-corrected chi connectivity index (χ4v) is 2.03. The van der Waals surface area contributed by atoms with E-state index in [1.165, 1.54) is 0 Å². The molecule has 1 unspecified atom stereocenters. The van der Waals surface area contributed by atoms with Gasteiger partial charge in [0.15, 0.2) is 0 Å². The molecule has 0 saturated carbocycles. The minimum Gasteiger partial charge on any atom is -0.345 e. The Hall–Kier alpha value is -0.960. The summed E-state index contributed by atoms with van der Waals surface area (Å²) in [6.45, 7) is 2.86. The first-order valence-electron chi connectivity index (χ1n) is 5.62. The molecule has 0 saturated heterocycles. The average molecular weight is 237 g/mol. The van der Waals surface area contributed by atoms with Crippen molar-refractivity contribution in [2.45, 2.75) is 25.0 Å². The summed E-state index contributed by atoms with van der Waals surface area (Å²) >= 11 is 4.38. The molecule has 1 rings (SSSR count). The van der Waals surface area contributed by atoms with Crippen molar-refractivity contribution in [3.8, 4) is 0 Å². The molecule has 1 atom stereocenters. The highest BCUT2D eigenvalue weighted by Gasteiger charge is 2.17. The average Bonchev–Trinajstić information content (AvgIpc) is 2.29. The normalized spacial score (nSPS) is 12.2. The lowest BCUT2D eigenvalue weighted by Crippen LogP contribution is -2.35. The van der Waals surface area contributed by atoms with Crippen molar-refractivity contribution >= 4 is 18.5 Å². The Morgan fingerprint density at radius 2 is 2.00 bits per heavy atom. The van der Waals surface area contributed by atoms with E-state index in [1.54, 1.807) is 4.90 Å². The highest BCUT2D eigenvalue weighted by Crippen LogP contribution is 2.10. The molecule has 0 aliphatic carbocycles. The summed E-state index contributed by atoms with van der Waals surface area (Å²) in [5.74, 6) is 0.106. The number of hydrogen-bond acceptors (Lipinski definition) is 2. The summed E-state index contributed by atoms with van der Waals surface area (Å²) < 4.78 is 0. The van der Waals surface area contributed by atoms with Gasteiger partial charge >= 0.3 is 0 Å². The molecular weight excluding hydrogens is 218 g/mol. The lowest BCUT2D eigenvalue weighted by molar-refractivity contribution is -0.129. The second-order valence-corrected chi connectivity index (χ2v) is 4.59. The van der Waals surface area contributed by atoms with E-state index in [2.05, 4.69) is 19.6 Å². The Bertz CT molecular complexity index is 326. The second-order valence-electron chi connectivity index (χ2n) is 3.97. The van der Waals surface area contributed by atoms with Crippen molar-refractivity contribution in [2.75, 3.05) is 13.6 Å². The Morgan fingerprint density at radius 3 is 2.56 bits per heavy atom. The van der Waals surface area contributed by atoms with E-state index in [1.807, 2.05) is 37.4 Å². The third-order valence-corrected chi connectivity index (χ3v) is 2.90. The van der Waals surface area contributed by atoms with Crippen LogP contribution >= 0.6 is 12.6 Å².